The zero-order valence-electron chi connectivity index (χ0n) is 41.8. The van der Waals surface area contributed by atoms with Crippen molar-refractivity contribution in [2.75, 3.05) is 40.9 Å². The van der Waals surface area contributed by atoms with Gasteiger partial charge in [0.05, 0.1) is 39.9 Å². The first-order valence-corrected chi connectivity index (χ1v) is 26.3. The van der Waals surface area contributed by atoms with E-state index < -0.39 is 26.6 Å². The number of carbonyl (C=O) groups is 1. The van der Waals surface area contributed by atoms with Crippen LogP contribution in [0.25, 0.3) is 0 Å². The van der Waals surface area contributed by atoms with Crippen LogP contribution in [-0.4, -0.2) is 68.5 Å². The molecule has 0 heterocycles. The van der Waals surface area contributed by atoms with E-state index in [1.807, 2.05) is 27.2 Å². The highest BCUT2D eigenvalue weighted by atomic mass is 31.2. The Kier molecular flexibility index (Phi) is 43.5. The van der Waals surface area contributed by atoms with Crippen molar-refractivity contribution < 1.29 is 32.9 Å². The maximum absolute atomic E-state index is 12.9. The molecule has 0 saturated heterocycles. The predicted octanol–water partition coefficient (Wildman–Crippen LogP) is 14.1. The Morgan fingerprint density at radius 2 is 0.924 bits per heavy atom. The lowest BCUT2D eigenvalue weighted by atomic mass is 10.1. The minimum atomic E-state index is -4.62. The number of phosphoric ester groups is 1. The van der Waals surface area contributed by atoms with Crippen LogP contribution in [0.5, 0.6) is 0 Å². The molecule has 0 aromatic carbocycles. The normalized spacial score (nSPS) is 15.4. The van der Waals surface area contributed by atoms with Crippen molar-refractivity contribution in [3.05, 3.63) is 158 Å². The Morgan fingerprint density at radius 1 is 0.545 bits per heavy atom. The molecule has 370 valence electrons. The lowest BCUT2D eigenvalue weighted by Crippen LogP contribution is -2.45. The first kappa shape index (κ1) is 62.1. The number of hydrogen-bond donors (Lipinski definition) is 2. The summed E-state index contributed by atoms with van der Waals surface area (Å²) >= 11 is 0. The molecule has 2 N–H and O–H groups in total. The summed E-state index contributed by atoms with van der Waals surface area (Å²) in [5.74, 6) is -0.265. The lowest BCUT2D eigenvalue weighted by Gasteiger charge is -2.29. The van der Waals surface area contributed by atoms with Crippen LogP contribution in [0.2, 0.25) is 0 Å². The molecule has 0 radical (unpaired) electrons. The van der Waals surface area contributed by atoms with Gasteiger partial charge in [0.2, 0.25) is 5.91 Å². The molecule has 0 aliphatic rings. The largest absolute Gasteiger partial charge is 0.756 e. The molecule has 3 unspecified atom stereocenters. The second-order valence-corrected chi connectivity index (χ2v) is 18.5. The third-order valence-electron chi connectivity index (χ3n) is 9.68. The molecule has 66 heavy (non-hydrogen) atoms. The second-order valence-electron chi connectivity index (χ2n) is 17.1. The summed E-state index contributed by atoms with van der Waals surface area (Å²) in [5.41, 5.74) is 0. The van der Waals surface area contributed by atoms with Crippen LogP contribution in [-0.2, 0) is 18.4 Å². The van der Waals surface area contributed by atoms with Gasteiger partial charge in [-0.3, -0.25) is 9.36 Å². The number of phosphoric acid groups is 1. The average molecular weight is 931 g/mol. The van der Waals surface area contributed by atoms with E-state index in [2.05, 4.69) is 165 Å². The van der Waals surface area contributed by atoms with Gasteiger partial charge in [0, 0.05) is 6.42 Å². The highest BCUT2D eigenvalue weighted by Crippen LogP contribution is 2.38. The third kappa shape index (κ3) is 48.1. The number of allylic oxidation sites excluding steroid dienone is 25. The fraction of sp³-hybridized carbons (Fsp3) is 0.526. The summed E-state index contributed by atoms with van der Waals surface area (Å²) in [5, 5.41) is 13.7. The van der Waals surface area contributed by atoms with E-state index in [1.54, 1.807) is 6.08 Å². The standard InChI is InChI=1S/C57H91N2O6P/c1-6-8-10-12-14-16-18-19-20-21-22-23-24-25-26-27-28-29-30-31-32-33-34-35-36-37-38-39-41-43-45-47-49-51-57(61)58-55(54-65-66(62,63)64-53-52-59(3,4)5)56(60)50-48-46-44-42-40-17-15-13-11-9-7-2/h8,10-11,13-14,16,19-20,22-23,25-26,28-29,31-32,34-35,37-38,40-43,48,50,55-56,60H,6-7,9,12,15,17-18,21,24,27,30,33,36,39,44-47,49,51-54H2,1-5H3,(H-,58,61,62,63)/b10-8-,13-11+,16-14-,20-19-,23-22-,26-25-,29-28-,32-31-,35-34-,38-37-,42-40+,43-41-,50-48+. The van der Waals surface area contributed by atoms with E-state index in [0.29, 0.717) is 23.9 Å². The summed E-state index contributed by atoms with van der Waals surface area (Å²) in [6.07, 6.45) is 73.2. The molecule has 0 aromatic heterocycles. The molecule has 0 spiro atoms. The number of hydrogen-bond acceptors (Lipinski definition) is 6. The van der Waals surface area contributed by atoms with Gasteiger partial charge in [0.25, 0.3) is 7.82 Å². The summed E-state index contributed by atoms with van der Waals surface area (Å²) in [7, 11) is 1.17. The molecule has 0 saturated carbocycles. The first-order chi connectivity index (χ1) is 32.0. The van der Waals surface area contributed by atoms with Crippen molar-refractivity contribution in [1.82, 2.24) is 5.32 Å². The van der Waals surface area contributed by atoms with Gasteiger partial charge < -0.3 is 28.8 Å². The number of rotatable bonds is 42. The zero-order chi connectivity index (χ0) is 48.5. The Bertz CT molecular complexity index is 1620. The number of nitrogens with zero attached hydrogens (tertiary/aromatic N) is 1. The monoisotopic (exact) mass is 931 g/mol. The Balaban J connectivity index is 4.36. The van der Waals surface area contributed by atoms with Crippen molar-refractivity contribution in [1.29, 1.82) is 0 Å². The Labute approximate surface area is 403 Å². The van der Waals surface area contributed by atoms with Crippen molar-refractivity contribution >= 4 is 13.7 Å². The maximum atomic E-state index is 12.9. The number of unbranched alkanes of at least 4 members (excludes halogenated alkanes) is 5. The zero-order valence-corrected chi connectivity index (χ0v) is 42.7. The summed E-state index contributed by atoms with van der Waals surface area (Å²) in [6.45, 7) is 4.34. The van der Waals surface area contributed by atoms with Crippen LogP contribution in [0.3, 0.4) is 0 Å². The molecule has 0 rings (SSSR count). The summed E-state index contributed by atoms with van der Waals surface area (Å²) in [4.78, 5) is 25.3. The number of nitrogens with one attached hydrogen (secondary N) is 1. The van der Waals surface area contributed by atoms with Crippen molar-refractivity contribution in [3.63, 3.8) is 0 Å². The van der Waals surface area contributed by atoms with Crippen LogP contribution in [0, 0.1) is 0 Å². The van der Waals surface area contributed by atoms with Gasteiger partial charge in [-0.25, -0.2) is 0 Å². The van der Waals surface area contributed by atoms with E-state index in [9.17, 15) is 19.4 Å². The highest BCUT2D eigenvalue weighted by Gasteiger charge is 2.23. The molecular weight excluding hydrogens is 840 g/mol. The highest BCUT2D eigenvalue weighted by molar-refractivity contribution is 7.45. The SMILES string of the molecule is CC/C=C\C/C=C\C/C=C\C/C=C\C/C=C\C/C=C\C/C=C\C/C=C\C/C=C\C/C=C\CCCCC(=O)NC(COP(=O)([O-])OCC[N+](C)(C)C)C(O)/C=C/CC/C=C/CC/C=C/CCC. The number of aliphatic hydroxyl groups excluding tert-OH is 1. The van der Waals surface area contributed by atoms with E-state index in [0.717, 1.165) is 109 Å². The molecule has 0 aliphatic heterocycles. The lowest BCUT2D eigenvalue weighted by molar-refractivity contribution is -0.870. The van der Waals surface area contributed by atoms with Crippen LogP contribution < -0.4 is 10.2 Å². The molecule has 1 amide bonds. The van der Waals surface area contributed by atoms with Crippen molar-refractivity contribution in [2.45, 2.75) is 154 Å². The molecule has 8 nitrogen and oxygen atoms in total. The Hall–Kier alpha value is -3.88. The Morgan fingerprint density at radius 3 is 1.33 bits per heavy atom. The van der Waals surface area contributed by atoms with E-state index in [1.165, 1.54) is 0 Å². The van der Waals surface area contributed by atoms with Crippen LogP contribution >= 0.6 is 7.82 Å². The number of quaternary nitrogens is 1. The van der Waals surface area contributed by atoms with Gasteiger partial charge in [0.15, 0.2) is 0 Å². The van der Waals surface area contributed by atoms with E-state index >= 15 is 0 Å². The maximum Gasteiger partial charge on any atom is 0.268 e. The summed E-state index contributed by atoms with van der Waals surface area (Å²) in [6, 6.07) is -0.944. The summed E-state index contributed by atoms with van der Waals surface area (Å²) < 4.78 is 23.1. The average Bonchev–Trinajstić information content (AvgIpc) is 3.28. The fourth-order valence-electron chi connectivity index (χ4n) is 5.80. The van der Waals surface area contributed by atoms with E-state index in [-0.39, 0.29) is 18.9 Å². The van der Waals surface area contributed by atoms with Gasteiger partial charge in [-0.15, -0.1) is 0 Å². The van der Waals surface area contributed by atoms with E-state index in [4.69, 9.17) is 9.05 Å². The minimum absolute atomic E-state index is 0.0277. The predicted molar refractivity (Wildman–Crippen MR) is 283 cm³/mol. The number of aliphatic hydroxyl groups is 1. The van der Waals surface area contributed by atoms with Gasteiger partial charge in [0.1, 0.15) is 13.2 Å². The molecule has 0 aromatic rings. The molecule has 0 fully saturated rings. The smallest absolute Gasteiger partial charge is 0.268 e. The van der Waals surface area contributed by atoms with Gasteiger partial charge in [-0.1, -0.05) is 178 Å². The molecule has 0 aliphatic carbocycles. The quantitative estimate of drug-likeness (QED) is 0.0273. The van der Waals surface area contributed by atoms with Crippen LogP contribution in [0.1, 0.15) is 142 Å². The van der Waals surface area contributed by atoms with Gasteiger partial charge in [-0.2, -0.15) is 0 Å². The number of likely N-dealkylation sites (N-methyl/N-ethyl adjacent to an activating group) is 1. The van der Waals surface area contributed by atoms with Crippen LogP contribution in [0.15, 0.2) is 158 Å². The van der Waals surface area contributed by atoms with Crippen molar-refractivity contribution in [2.24, 2.45) is 0 Å². The fourth-order valence-corrected chi connectivity index (χ4v) is 6.53. The minimum Gasteiger partial charge on any atom is -0.756 e. The molecule has 3 atom stereocenters. The van der Waals surface area contributed by atoms with Gasteiger partial charge >= 0.3 is 0 Å². The molecule has 0 bridgehead atoms. The second kappa shape index (κ2) is 46.2. The van der Waals surface area contributed by atoms with Crippen molar-refractivity contribution in [3.8, 4) is 0 Å². The number of amides is 1. The van der Waals surface area contributed by atoms with Gasteiger partial charge in [-0.05, 0) is 116 Å². The molecular formula is C57H91N2O6P. The first-order valence-electron chi connectivity index (χ1n) is 24.8. The third-order valence-corrected chi connectivity index (χ3v) is 10.6. The topological polar surface area (TPSA) is 108 Å². The van der Waals surface area contributed by atoms with Crippen LogP contribution in [0.4, 0.5) is 0 Å². The molecule has 9 heteroatoms. The number of carbonyl (C=O) groups excluding carboxylic acids is 1.